The van der Waals surface area contributed by atoms with Crippen molar-refractivity contribution in [2.24, 2.45) is 0 Å². The SMILES string of the molecule is Cc1cc2cc(Cl)ccc2nc1C(=O)O. The molecule has 0 bridgehead atoms. The van der Waals surface area contributed by atoms with Crippen LogP contribution in [-0.2, 0) is 0 Å². The lowest BCUT2D eigenvalue weighted by molar-refractivity contribution is 0.0690. The topological polar surface area (TPSA) is 50.2 Å². The predicted molar refractivity (Wildman–Crippen MR) is 58.4 cm³/mol. The van der Waals surface area contributed by atoms with Crippen LogP contribution in [0.25, 0.3) is 10.9 Å². The molecule has 15 heavy (non-hydrogen) atoms. The van der Waals surface area contributed by atoms with Crippen molar-refractivity contribution >= 4 is 28.5 Å². The number of aromatic nitrogens is 1. The van der Waals surface area contributed by atoms with Crippen LogP contribution in [0.4, 0.5) is 0 Å². The minimum absolute atomic E-state index is 0.0878. The average molecular weight is 222 g/mol. The molecule has 0 aliphatic heterocycles. The first kappa shape index (κ1) is 9.93. The molecular formula is C11H8ClNO2. The number of halogens is 1. The summed E-state index contributed by atoms with van der Waals surface area (Å²) in [5.74, 6) is -1.01. The largest absolute Gasteiger partial charge is 0.477 e. The van der Waals surface area contributed by atoms with E-state index in [1.165, 1.54) is 0 Å². The number of rotatable bonds is 1. The maximum Gasteiger partial charge on any atom is 0.354 e. The second-order valence-electron chi connectivity index (χ2n) is 3.30. The van der Waals surface area contributed by atoms with E-state index in [9.17, 15) is 4.79 Å². The van der Waals surface area contributed by atoms with E-state index in [4.69, 9.17) is 16.7 Å². The molecule has 2 aromatic rings. The summed E-state index contributed by atoms with van der Waals surface area (Å²) in [6, 6.07) is 6.95. The Hall–Kier alpha value is -1.61. The molecule has 0 aliphatic carbocycles. The van der Waals surface area contributed by atoms with Crippen molar-refractivity contribution in [3.8, 4) is 0 Å². The summed E-state index contributed by atoms with van der Waals surface area (Å²) in [4.78, 5) is 14.9. The first-order valence-corrected chi connectivity index (χ1v) is 4.76. The third-order valence-electron chi connectivity index (χ3n) is 2.17. The first-order chi connectivity index (χ1) is 7.08. The quantitative estimate of drug-likeness (QED) is 0.806. The summed E-state index contributed by atoms with van der Waals surface area (Å²) in [5.41, 5.74) is 1.37. The molecule has 0 amide bonds. The Morgan fingerprint density at radius 2 is 2.13 bits per heavy atom. The van der Waals surface area contributed by atoms with Crippen molar-refractivity contribution in [3.63, 3.8) is 0 Å². The number of benzene rings is 1. The second kappa shape index (κ2) is 3.51. The number of nitrogens with zero attached hydrogens (tertiary/aromatic N) is 1. The molecule has 1 aromatic carbocycles. The van der Waals surface area contributed by atoms with Gasteiger partial charge >= 0.3 is 5.97 Å². The van der Waals surface area contributed by atoms with Gasteiger partial charge in [0.25, 0.3) is 0 Å². The number of fused-ring (bicyclic) bond motifs is 1. The summed E-state index contributed by atoms with van der Waals surface area (Å²) < 4.78 is 0. The van der Waals surface area contributed by atoms with E-state index in [0.717, 1.165) is 5.39 Å². The van der Waals surface area contributed by atoms with Crippen molar-refractivity contribution in [2.75, 3.05) is 0 Å². The lowest BCUT2D eigenvalue weighted by Crippen LogP contribution is -2.03. The van der Waals surface area contributed by atoms with Gasteiger partial charge in [-0.15, -0.1) is 0 Å². The van der Waals surface area contributed by atoms with Crippen molar-refractivity contribution in [3.05, 3.63) is 40.5 Å². The van der Waals surface area contributed by atoms with Crippen LogP contribution < -0.4 is 0 Å². The Morgan fingerprint density at radius 1 is 1.40 bits per heavy atom. The Balaban J connectivity index is 2.76. The molecule has 2 rings (SSSR count). The summed E-state index contributed by atoms with van der Waals surface area (Å²) >= 11 is 5.83. The third kappa shape index (κ3) is 1.78. The fraction of sp³-hybridized carbons (Fsp3) is 0.0909. The van der Waals surface area contributed by atoms with E-state index in [-0.39, 0.29) is 5.69 Å². The number of carbonyl (C=O) groups is 1. The van der Waals surface area contributed by atoms with E-state index in [2.05, 4.69) is 4.98 Å². The summed E-state index contributed by atoms with van der Waals surface area (Å²) in [5, 5.41) is 10.4. The molecule has 0 saturated carbocycles. The van der Waals surface area contributed by atoms with Gasteiger partial charge in [0.15, 0.2) is 5.69 Å². The van der Waals surface area contributed by atoms with Crippen LogP contribution in [0.15, 0.2) is 24.3 Å². The van der Waals surface area contributed by atoms with Gasteiger partial charge in [0.1, 0.15) is 0 Å². The fourth-order valence-corrected chi connectivity index (χ4v) is 1.65. The smallest absolute Gasteiger partial charge is 0.354 e. The number of hydrogen-bond acceptors (Lipinski definition) is 2. The molecule has 3 nitrogen and oxygen atoms in total. The van der Waals surface area contributed by atoms with Gasteiger partial charge < -0.3 is 5.11 Å². The van der Waals surface area contributed by atoms with Crippen molar-refractivity contribution in [1.82, 2.24) is 4.98 Å². The monoisotopic (exact) mass is 221 g/mol. The van der Waals surface area contributed by atoms with Crippen LogP contribution in [0.3, 0.4) is 0 Å². The minimum Gasteiger partial charge on any atom is -0.477 e. The molecule has 1 aromatic heterocycles. The Bertz CT molecular complexity index is 552. The highest BCUT2D eigenvalue weighted by molar-refractivity contribution is 6.31. The number of carboxylic acids is 1. The number of aromatic carboxylic acids is 1. The van der Waals surface area contributed by atoms with Crippen molar-refractivity contribution < 1.29 is 9.90 Å². The van der Waals surface area contributed by atoms with Crippen LogP contribution in [0.2, 0.25) is 5.02 Å². The van der Waals surface area contributed by atoms with E-state index in [0.29, 0.717) is 16.1 Å². The highest BCUT2D eigenvalue weighted by Crippen LogP contribution is 2.20. The number of carboxylic acid groups (broad SMARTS) is 1. The maximum absolute atomic E-state index is 10.8. The molecule has 0 saturated heterocycles. The first-order valence-electron chi connectivity index (χ1n) is 4.38. The van der Waals surface area contributed by atoms with Gasteiger partial charge in [-0.1, -0.05) is 11.6 Å². The molecule has 1 N–H and O–H groups in total. The number of aryl methyl sites for hydroxylation is 1. The van der Waals surface area contributed by atoms with Gasteiger partial charge in [0, 0.05) is 10.4 Å². The van der Waals surface area contributed by atoms with Crippen molar-refractivity contribution in [1.29, 1.82) is 0 Å². The van der Waals surface area contributed by atoms with Gasteiger partial charge in [-0.25, -0.2) is 9.78 Å². The van der Waals surface area contributed by atoms with Crippen LogP contribution in [0, 0.1) is 6.92 Å². The van der Waals surface area contributed by atoms with E-state index >= 15 is 0 Å². The molecule has 0 unspecified atom stereocenters. The summed E-state index contributed by atoms with van der Waals surface area (Å²) in [7, 11) is 0. The number of hydrogen-bond donors (Lipinski definition) is 1. The van der Waals surface area contributed by atoms with Crippen LogP contribution >= 0.6 is 11.6 Å². The summed E-state index contributed by atoms with van der Waals surface area (Å²) in [6.45, 7) is 1.72. The van der Waals surface area contributed by atoms with Gasteiger partial charge in [-0.2, -0.15) is 0 Å². The Labute approximate surface area is 91.3 Å². The molecule has 4 heteroatoms. The second-order valence-corrected chi connectivity index (χ2v) is 3.73. The molecule has 0 radical (unpaired) electrons. The van der Waals surface area contributed by atoms with E-state index in [1.54, 1.807) is 31.2 Å². The zero-order chi connectivity index (χ0) is 11.0. The standard InChI is InChI=1S/C11H8ClNO2/c1-6-4-7-5-8(12)2-3-9(7)13-10(6)11(14)15/h2-5H,1H3,(H,14,15). The Morgan fingerprint density at radius 3 is 2.80 bits per heavy atom. The maximum atomic E-state index is 10.8. The average Bonchev–Trinajstić information content (AvgIpc) is 2.15. The molecule has 0 fully saturated rings. The van der Waals surface area contributed by atoms with Gasteiger partial charge in [-0.3, -0.25) is 0 Å². The van der Waals surface area contributed by atoms with E-state index < -0.39 is 5.97 Å². The van der Waals surface area contributed by atoms with Gasteiger partial charge in [0.2, 0.25) is 0 Å². The fourth-order valence-electron chi connectivity index (χ4n) is 1.47. The number of pyridine rings is 1. The van der Waals surface area contributed by atoms with Gasteiger partial charge in [0.05, 0.1) is 5.52 Å². The normalized spacial score (nSPS) is 10.5. The molecule has 1 heterocycles. The minimum atomic E-state index is -1.01. The molecular weight excluding hydrogens is 214 g/mol. The zero-order valence-corrected chi connectivity index (χ0v) is 8.75. The highest BCUT2D eigenvalue weighted by Gasteiger charge is 2.10. The lowest BCUT2D eigenvalue weighted by atomic mass is 10.1. The highest BCUT2D eigenvalue weighted by atomic mass is 35.5. The third-order valence-corrected chi connectivity index (χ3v) is 2.41. The lowest BCUT2D eigenvalue weighted by Gasteiger charge is -2.03. The molecule has 76 valence electrons. The molecule has 0 spiro atoms. The van der Waals surface area contributed by atoms with Gasteiger partial charge in [-0.05, 0) is 36.8 Å². The summed E-state index contributed by atoms with van der Waals surface area (Å²) in [6.07, 6.45) is 0. The molecule has 0 aliphatic rings. The van der Waals surface area contributed by atoms with Crippen molar-refractivity contribution in [2.45, 2.75) is 6.92 Å². The van der Waals surface area contributed by atoms with Crippen LogP contribution in [-0.4, -0.2) is 16.1 Å². The molecule has 0 atom stereocenters. The zero-order valence-electron chi connectivity index (χ0n) is 7.99. The van der Waals surface area contributed by atoms with E-state index in [1.807, 2.05) is 0 Å². The van der Waals surface area contributed by atoms with Crippen LogP contribution in [0.5, 0.6) is 0 Å². The van der Waals surface area contributed by atoms with Crippen LogP contribution in [0.1, 0.15) is 16.1 Å². The Kier molecular flexibility index (Phi) is 2.32. The predicted octanol–water partition coefficient (Wildman–Crippen LogP) is 2.89.